The molecule has 3 rings (SSSR count). The van der Waals surface area contributed by atoms with E-state index in [4.69, 9.17) is 23.2 Å². The molecule has 1 fully saturated rings. The molecule has 28 heavy (non-hydrogen) atoms. The number of rotatable bonds is 3. The predicted molar refractivity (Wildman–Crippen MR) is 107 cm³/mol. The minimum atomic E-state index is -4.45. The van der Waals surface area contributed by atoms with Crippen molar-refractivity contribution in [3.05, 3.63) is 63.6 Å². The van der Waals surface area contributed by atoms with Crippen LogP contribution in [-0.4, -0.2) is 28.3 Å². The number of hydrogen-bond donors (Lipinski definition) is 0. The topological polar surface area (TPSA) is 32.7 Å². The van der Waals surface area contributed by atoms with Gasteiger partial charge in [0.05, 0.1) is 27.7 Å². The molecule has 0 atom stereocenters. The van der Waals surface area contributed by atoms with Crippen LogP contribution in [-0.2, 0) is 17.4 Å². The molecule has 1 heterocycles. The molecule has 0 saturated carbocycles. The Morgan fingerprint density at radius 2 is 1.93 bits per heavy atom. The molecule has 0 aromatic heterocycles. The number of thioether (sulfide) groups is 1. The first kappa shape index (κ1) is 21.0. The Hall–Kier alpha value is -1.70. The number of hydrogen-bond acceptors (Lipinski definition) is 3. The van der Waals surface area contributed by atoms with Crippen molar-refractivity contribution >= 4 is 51.7 Å². The van der Waals surface area contributed by atoms with Crippen molar-refractivity contribution in [3.63, 3.8) is 0 Å². The Morgan fingerprint density at radius 1 is 1.14 bits per heavy atom. The molecule has 1 amide bonds. The molecule has 0 unspecified atom stereocenters. The van der Waals surface area contributed by atoms with Gasteiger partial charge in [-0.3, -0.25) is 9.69 Å². The average Bonchev–Trinajstić information content (AvgIpc) is 2.65. The molecular formula is C19H15Cl2F3N2OS. The van der Waals surface area contributed by atoms with E-state index >= 15 is 0 Å². The fourth-order valence-electron chi connectivity index (χ4n) is 2.67. The van der Waals surface area contributed by atoms with E-state index in [0.29, 0.717) is 27.3 Å². The van der Waals surface area contributed by atoms with Gasteiger partial charge in [0.1, 0.15) is 0 Å². The third kappa shape index (κ3) is 5.21. The van der Waals surface area contributed by atoms with Gasteiger partial charge in [-0.2, -0.15) is 13.2 Å². The summed E-state index contributed by atoms with van der Waals surface area (Å²) in [7, 11) is 0. The van der Waals surface area contributed by atoms with Crippen LogP contribution in [0.15, 0.2) is 47.5 Å². The second-order valence-electron chi connectivity index (χ2n) is 6.12. The van der Waals surface area contributed by atoms with Gasteiger partial charge in [-0.05, 0) is 42.3 Å². The third-order valence-corrected chi connectivity index (χ3v) is 5.83. The minimum absolute atomic E-state index is 0.0963. The van der Waals surface area contributed by atoms with Crippen molar-refractivity contribution in [2.75, 3.05) is 12.3 Å². The highest BCUT2D eigenvalue weighted by molar-refractivity contribution is 8.13. The van der Waals surface area contributed by atoms with Crippen LogP contribution in [0.5, 0.6) is 0 Å². The number of carbonyl (C=O) groups is 1. The standard InChI is InChI=1S/C19H15Cl2F3N2OS/c20-15-6-5-12(9-16(15)21)10-17(27)26-7-2-8-28-18(26)25-14-4-1-3-13(11-14)19(22,23)24/h1,3-6,9,11H,2,7-8,10H2. The van der Waals surface area contributed by atoms with Gasteiger partial charge in [-0.15, -0.1) is 0 Å². The van der Waals surface area contributed by atoms with Crippen molar-refractivity contribution in [1.82, 2.24) is 4.90 Å². The van der Waals surface area contributed by atoms with E-state index in [1.807, 2.05) is 0 Å². The maximum Gasteiger partial charge on any atom is 0.416 e. The van der Waals surface area contributed by atoms with Gasteiger partial charge < -0.3 is 0 Å². The summed E-state index contributed by atoms with van der Waals surface area (Å²) in [6.45, 7) is 0.463. The fraction of sp³-hybridized carbons (Fsp3) is 0.263. The Labute approximate surface area is 174 Å². The molecule has 9 heteroatoms. The lowest BCUT2D eigenvalue weighted by atomic mass is 10.1. The molecule has 0 N–H and O–H groups in total. The molecule has 2 aromatic rings. The van der Waals surface area contributed by atoms with Crippen LogP contribution >= 0.6 is 35.0 Å². The maximum atomic E-state index is 12.9. The van der Waals surface area contributed by atoms with E-state index in [-0.39, 0.29) is 18.0 Å². The third-order valence-electron chi connectivity index (χ3n) is 4.03. The summed E-state index contributed by atoms with van der Waals surface area (Å²) in [6, 6.07) is 9.72. The van der Waals surface area contributed by atoms with Crippen LogP contribution in [0.1, 0.15) is 17.5 Å². The summed E-state index contributed by atoms with van der Waals surface area (Å²) in [5, 5.41) is 1.16. The van der Waals surface area contributed by atoms with Crippen LogP contribution in [0.2, 0.25) is 10.0 Å². The molecule has 3 nitrogen and oxygen atoms in total. The molecule has 0 aliphatic carbocycles. The van der Waals surface area contributed by atoms with Crippen LogP contribution < -0.4 is 0 Å². The van der Waals surface area contributed by atoms with Gasteiger partial charge in [-0.1, -0.05) is 47.1 Å². The molecule has 0 radical (unpaired) electrons. The zero-order valence-electron chi connectivity index (χ0n) is 14.5. The van der Waals surface area contributed by atoms with Gasteiger partial charge in [-0.25, -0.2) is 4.99 Å². The number of benzene rings is 2. The summed E-state index contributed by atoms with van der Waals surface area (Å²) >= 11 is 13.2. The van der Waals surface area contributed by atoms with Gasteiger partial charge in [0, 0.05) is 12.3 Å². The van der Waals surface area contributed by atoms with E-state index in [1.54, 1.807) is 18.2 Å². The number of amidine groups is 1. The molecule has 0 spiro atoms. The second-order valence-corrected chi connectivity index (χ2v) is 7.99. The van der Waals surface area contributed by atoms with Crippen molar-refractivity contribution in [2.45, 2.75) is 19.0 Å². The van der Waals surface area contributed by atoms with Crippen molar-refractivity contribution in [1.29, 1.82) is 0 Å². The fourth-order valence-corrected chi connectivity index (χ4v) is 3.96. The van der Waals surface area contributed by atoms with Crippen LogP contribution in [0, 0.1) is 0 Å². The lowest BCUT2D eigenvalue weighted by molar-refractivity contribution is -0.137. The van der Waals surface area contributed by atoms with Gasteiger partial charge in [0.15, 0.2) is 5.17 Å². The monoisotopic (exact) mass is 446 g/mol. The lowest BCUT2D eigenvalue weighted by Gasteiger charge is -2.28. The van der Waals surface area contributed by atoms with Crippen molar-refractivity contribution in [3.8, 4) is 0 Å². The zero-order chi connectivity index (χ0) is 20.3. The normalized spacial score (nSPS) is 16.5. The minimum Gasteiger partial charge on any atom is -0.291 e. The second kappa shape index (κ2) is 8.76. The number of amides is 1. The first-order valence-electron chi connectivity index (χ1n) is 8.37. The molecule has 1 aliphatic heterocycles. The smallest absolute Gasteiger partial charge is 0.291 e. The Morgan fingerprint density at radius 3 is 2.64 bits per heavy atom. The number of halogens is 5. The number of aliphatic imine (C=N–C) groups is 1. The summed E-state index contributed by atoms with van der Waals surface area (Å²) in [6.07, 6.45) is -3.57. The average molecular weight is 447 g/mol. The van der Waals surface area contributed by atoms with Gasteiger partial charge in [0.25, 0.3) is 0 Å². The first-order valence-corrected chi connectivity index (χ1v) is 10.1. The van der Waals surface area contributed by atoms with E-state index in [0.717, 1.165) is 24.3 Å². The van der Waals surface area contributed by atoms with Gasteiger partial charge >= 0.3 is 6.18 Å². The highest BCUT2D eigenvalue weighted by Crippen LogP contribution is 2.32. The maximum absolute atomic E-state index is 12.9. The largest absolute Gasteiger partial charge is 0.416 e. The number of alkyl halides is 3. The van der Waals surface area contributed by atoms with E-state index < -0.39 is 11.7 Å². The van der Waals surface area contributed by atoms with Crippen LogP contribution in [0.4, 0.5) is 18.9 Å². The van der Waals surface area contributed by atoms with E-state index in [1.165, 1.54) is 28.8 Å². The van der Waals surface area contributed by atoms with Crippen molar-refractivity contribution < 1.29 is 18.0 Å². The summed E-state index contributed by atoms with van der Waals surface area (Å²) < 4.78 is 38.7. The van der Waals surface area contributed by atoms with E-state index in [9.17, 15) is 18.0 Å². The Kier molecular flexibility index (Phi) is 6.58. The lowest BCUT2D eigenvalue weighted by Crippen LogP contribution is -2.40. The highest BCUT2D eigenvalue weighted by atomic mass is 35.5. The van der Waals surface area contributed by atoms with Gasteiger partial charge in [0.2, 0.25) is 5.91 Å². The van der Waals surface area contributed by atoms with Crippen LogP contribution in [0.25, 0.3) is 0 Å². The van der Waals surface area contributed by atoms with E-state index in [2.05, 4.69) is 4.99 Å². The number of nitrogens with zero attached hydrogens (tertiary/aromatic N) is 2. The van der Waals surface area contributed by atoms with Crippen LogP contribution in [0.3, 0.4) is 0 Å². The molecular weight excluding hydrogens is 432 g/mol. The highest BCUT2D eigenvalue weighted by Gasteiger charge is 2.30. The summed E-state index contributed by atoms with van der Waals surface area (Å²) in [4.78, 5) is 18.6. The Balaban J connectivity index is 1.82. The summed E-state index contributed by atoms with van der Waals surface area (Å²) in [5.41, 5.74) is 0.0868. The number of carbonyl (C=O) groups excluding carboxylic acids is 1. The SMILES string of the molecule is O=C(Cc1ccc(Cl)c(Cl)c1)N1CCCSC1=Nc1cccc(C(F)(F)F)c1. The van der Waals surface area contributed by atoms with Crippen molar-refractivity contribution in [2.24, 2.45) is 4.99 Å². The zero-order valence-corrected chi connectivity index (χ0v) is 16.8. The first-order chi connectivity index (χ1) is 13.2. The molecule has 1 aliphatic rings. The summed E-state index contributed by atoms with van der Waals surface area (Å²) in [5.74, 6) is 0.547. The molecule has 1 saturated heterocycles. The quantitative estimate of drug-likeness (QED) is 0.561. The molecule has 0 bridgehead atoms. The predicted octanol–water partition coefficient (Wildman–Crippen LogP) is 6.21. The Bertz CT molecular complexity index is 918. The molecule has 2 aromatic carbocycles. The molecule has 148 valence electrons.